The molecule has 3 nitrogen and oxygen atoms in total. The number of halogens is 1. The summed E-state index contributed by atoms with van der Waals surface area (Å²) >= 11 is 3.54. The molecular weight excluding hydrogens is 278 g/mol. The van der Waals surface area contributed by atoms with E-state index in [9.17, 15) is 0 Å². The summed E-state index contributed by atoms with van der Waals surface area (Å²) in [6.45, 7) is 7.10. The van der Waals surface area contributed by atoms with Crippen LogP contribution in [0.3, 0.4) is 0 Å². The summed E-state index contributed by atoms with van der Waals surface area (Å²) in [5.41, 5.74) is 3.30. The Kier molecular flexibility index (Phi) is 3.52. The number of imidazole rings is 1. The molecule has 2 aromatic rings. The molecule has 0 bridgehead atoms. The molecule has 0 aliphatic heterocycles. The van der Waals surface area contributed by atoms with Gasteiger partial charge in [-0.05, 0) is 54.4 Å². The normalized spacial score (nSPS) is 10.6. The highest BCUT2D eigenvalue weighted by Crippen LogP contribution is 2.26. The van der Waals surface area contributed by atoms with E-state index in [-0.39, 0.29) is 0 Å². The van der Waals surface area contributed by atoms with E-state index in [2.05, 4.69) is 56.8 Å². The first-order valence-electron chi connectivity index (χ1n) is 5.67. The first kappa shape index (κ1) is 12.2. The minimum Gasteiger partial charge on any atom is -0.325 e. The van der Waals surface area contributed by atoms with Gasteiger partial charge in [0, 0.05) is 17.2 Å². The summed E-state index contributed by atoms with van der Waals surface area (Å²) in [5.74, 6) is 0.885. The maximum atomic E-state index is 4.48. The molecule has 1 aromatic carbocycles. The van der Waals surface area contributed by atoms with Gasteiger partial charge in [-0.1, -0.05) is 6.07 Å². The largest absolute Gasteiger partial charge is 0.325 e. The van der Waals surface area contributed by atoms with E-state index in [1.54, 1.807) is 0 Å². The zero-order valence-corrected chi connectivity index (χ0v) is 11.9. The van der Waals surface area contributed by atoms with E-state index in [1.807, 2.05) is 19.2 Å². The Morgan fingerprint density at radius 1 is 1.35 bits per heavy atom. The number of hydrogen-bond donors (Lipinski definition) is 1. The molecule has 0 radical (unpaired) electrons. The highest BCUT2D eigenvalue weighted by molar-refractivity contribution is 9.10. The first-order chi connectivity index (χ1) is 8.10. The van der Waals surface area contributed by atoms with Gasteiger partial charge in [-0.15, -0.1) is 0 Å². The Morgan fingerprint density at radius 2 is 2.12 bits per heavy atom. The van der Waals surface area contributed by atoms with E-state index in [1.165, 1.54) is 5.56 Å². The summed E-state index contributed by atoms with van der Waals surface area (Å²) in [5, 5.41) is 3.36. The zero-order valence-electron chi connectivity index (χ0n) is 10.3. The topological polar surface area (TPSA) is 29.9 Å². The lowest BCUT2D eigenvalue weighted by molar-refractivity contribution is 0.771. The van der Waals surface area contributed by atoms with Crippen molar-refractivity contribution in [2.24, 2.45) is 0 Å². The molecule has 0 aliphatic rings. The summed E-state index contributed by atoms with van der Waals surface area (Å²) < 4.78 is 3.15. The van der Waals surface area contributed by atoms with Crippen LogP contribution in [0.1, 0.15) is 18.2 Å². The number of benzene rings is 1. The van der Waals surface area contributed by atoms with Crippen molar-refractivity contribution in [3.05, 3.63) is 40.1 Å². The van der Waals surface area contributed by atoms with Gasteiger partial charge < -0.3 is 9.88 Å². The zero-order chi connectivity index (χ0) is 12.4. The maximum absolute atomic E-state index is 4.48. The molecule has 17 heavy (non-hydrogen) atoms. The lowest BCUT2D eigenvalue weighted by atomic mass is 10.2. The van der Waals surface area contributed by atoms with Crippen LogP contribution in [0, 0.1) is 13.8 Å². The predicted octanol–water partition coefficient (Wildman–Crippen LogP) is 4.03. The van der Waals surface area contributed by atoms with Crippen molar-refractivity contribution in [3.63, 3.8) is 0 Å². The van der Waals surface area contributed by atoms with E-state index < -0.39 is 0 Å². The summed E-state index contributed by atoms with van der Waals surface area (Å²) in [7, 11) is 0. The number of rotatable bonds is 3. The van der Waals surface area contributed by atoms with Crippen molar-refractivity contribution in [3.8, 4) is 0 Å². The number of hydrogen-bond acceptors (Lipinski definition) is 2. The molecule has 1 N–H and O–H groups in total. The van der Waals surface area contributed by atoms with Gasteiger partial charge in [0.05, 0.1) is 11.4 Å². The van der Waals surface area contributed by atoms with Crippen molar-refractivity contribution in [2.45, 2.75) is 27.3 Å². The van der Waals surface area contributed by atoms with E-state index in [0.29, 0.717) is 0 Å². The van der Waals surface area contributed by atoms with Gasteiger partial charge in [0.15, 0.2) is 0 Å². The lowest BCUT2D eigenvalue weighted by Gasteiger charge is -2.10. The van der Waals surface area contributed by atoms with Crippen LogP contribution in [0.2, 0.25) is 0 Å². The fourth-order valence-corrected chi connectivity index (χ4v) is 2.09. The average molecular weight is 294 g/mol. The molecule has 2 rings (SSSR count). The van der Waals surface area contributed by atoms with Gasteiger partial charge in [-0.3, -0.25) is 0 Å². The average Bonchev–Trinajstić information content (AvgIpc) is 2.64. The quantitative estimate of drug-likeness (QED) is 0.926. The van der Waals surface area contributed by atoms with Crippen LogP contribution in [0.15, 0.2) is 28.9 Å². The van der Waals surface area contributed by atoms with Crippen LogP contribution in [0.4, 0.5) is 11.6 Å². The van der Waals surface area contributed by atoms with Gasteiger partial charge in [0.1, 0.15) is 0 Å². The van der Waals surface area contributed by atoms with E-state index in [0.717, 1.165) is 28.3 Å². The third-order valence-electron chi connectivity index (χ3n) is 2.61. The third-order valence-corrected chi connectivity index (χ3v) is 3.30. The number of aromatic nitrogens is 2. The highest BCUT2D eigenvalue weighted by Gasteiger charge is 2.06. The Morgan fingerprint density at radius 3 is 2.82 bits per heavy atom. The summed E-state index contributed by atoms with van der Waals surface area (Å²) in [6.07, 6.45) is 2.05. The Hall–Kier alpha value is -1.29. The number of nitrogens with zero attached hydrogens (tertiary/aromatic N) is 2. The maximum Gasteiger partial charge on any atom is 0.207 e. The Balaban J connectivity index is 2.33. The van der Waals surface area contributed by atoms with Crippen LogP contribution in [0.5, 0.6) is 0 Å². The first-order valence-corrected chi connectivity index (χ1v) is 6.46. The van der Waals surface area contributed by atoms with E-state index in [4.69, 9.17) is 0 Å². The van der Waals surface area contributed by atoms with Gasteiger partial charge in [-0.2, -0.15) is 0 Å². The number of nitrogens with one attached hydrogen (secondary N) is 1. The molecule has 0 spiro atoms. The molecule has 90 valence electrons. The van der Waals surface area contributed by atoms with Gasteiger partial charge in [0.2, 0.25) is 5.95 Å². The molecule has 0 unspecified atom stereocenters. The monoisotopic (exact) mass is 293 g/mol. The third kappa shape index (κ3) is 2.69. The van der Waals surface area contributed by atoms with Crippen molar-refractivity contribution in [2.75, 3.05) is 5.32 Å². The summed E-state index contributed by atoms with van der Waals surface area (Å²) in [4.78, 5) is 4.48. The van der Waals surface area contributed by atoms with Gasteiger partial charge in [0.25, 0.3) is 0 Å². The molecule has 0 aliphatic carbocycles. The highest BCUT2D eigenvalue weighted by atomic mass is 79.9. The van der Waals surface area contributed by atoms with Crippen LogP contribution in [0.25, 0.3) is 0 Å². The fraction of sp³-hybridized carbons (Fsp3) is 0.308. The van der Waals surface area contributed by atoms with Gasteiger partial charge >= 0.3 is 0 Å². The SMILES string of the molecule is CCn1cc(C)nc1Nc1cc(C)ccc1Br. The standard InChI is InChI=1S/C13H16BrN3/c1-4-17-8-10(3)15-13(17)16-12-7-9(2)5-6-11(12)14/h5-8H,4H2,1-3H3,(H,15,16). The molecular formula is C13H16BrN3. The minimum absolute atomic E-state index is 0.885. The fourth-order valence-electron chi connectivity index (χ4n) is 1.74. The second-order valence-corrected chi connectivity index (χ2v) is 4.95. The second kappa shape index (κ2) is 4.92. The van der Waals surface area contributed by atoms with Crippen LogP contribution in [-0.4, -0.2) is 9.55 Å². The predicted molar refractivity (Wildman–Crippen MR) is 74.8 cm³/mol. The Bertz CT molecular complexity index is 531. The molecule has 0 saturated carbocycles. The van der Waals surface area contributed by atoms with Crippen molar-refractivity contribution in [1.29, 1.82) is 0 Å². The number of aryl methyl sites for hydroxylation is 3. The molecule has 1 heterocycles. The minimum atomic E-state index is 0.885. The number of anilines is 2. The smallest absolute Gasteiger partial charge is 0.207 e. The lowest BCUT2D eigenvalue weighted by Crippen LogP contribution is -2.01. The molecule has 0 atom stereocenters. The van der Waals surface area contributed by atoms with E-state index >= 15 is 0 Å². The van der Waals surface area contributed by atoms with Gasteiger partial charge in [-0.25, -0.2) is 4.98 Å². The Labute approximate surface area is 110 Å². The molecule has 0 saturated heterocycles. The van der Waals surface area contributed by atoms with Crippen molar-refractivity contribution >= 4 is 27.6 Å². The molecule has 4 heteroatoms. The van der Waals surface area contributed by atoms with Crippen LogP contribution >= 0.6 is 15.9 Å². The summed E-state index contributed by atoms with van der Waals surface area (Å²) in [6, 6.07) is 6.23. The molecule has 1 aromatic heterocycles. The van der Waals surface area contributed by atoms with Crippen molar-refractivity contribution in [1.82, 2.24) is 9.55 Å². The molecule has 0 fully saturated rings. The molecule has 0 amide bonds. The van der Waals surface area contributed by atoms with Crippen LogP contribution < -0.4 is 5.32 Å². The van der Waals surface area contributed by atoms with Crippen molar-refractivity contribution < 1.29 is 0 Å². The van der Waals surface area contributed by atoms with Crippen LogP contribution in [-0.2, 0) is 6.54 Å². The second-order valence-electron chi connectivity index (χ2n) is 4.10.